The van der Waals surface area contributed by atoms with E-state index in [2.05, 4.69) is 36.5 Å². The summed E-state index contributed by atoms with van der Waals surface area (Å²) in [6.45, 7) is 6.18. The summed E-state index contributed by atoms with van der Waals surface area (Å²) >= 11 is 1.67. The minimum Gasteiger partial charge on any atom is -0.325 e. The maximum atomic E-state index is 12.5. The van der Waals surface area contributed by atoms with Crippen molar-refractivity contribution in [2.75, 3.05) is 5.32 Å². The summed E-state index contributed by atoms with van der Waals surface area (Å²) in [6, 6.07) is 12.6. The van der Waals surface area contributed by atoms with Gasteiger partial charge in [0.2, 0.25) is 5.91 Å². The van der Waals surface area contributed by atoms with Crippen molar-refractivity contribution in [2.45, 2.75) is 37.3 Å². The fourth-order valence-electron chi connectivity index (χ4n) is 2.75. The van der Waals surface area contributed by atoms with Gasteiger partial charge in [-0.2, -0.15) is 0 Å². The zero-order valence-electron chi connectivity index (χ0n) is 12.6. The third-order valence-electron chi connectivity index (χ3n) is 3.68. The Morgan fingerprint density at radius 2 is 1.76 bits per heavy atom. The highest BCUT2D eigenvalue weighted by molar-refractivity contribution is 8.01. The van der Waals surface area contributed by atoms with Crippen molar-refractivity contribution < 1.29 is 4.79 Å². The van der Waals surface area contributed by atoms with Gasteiger partial charge >= 0.3 is 0 Å². The molecule has 0 unspecified atom stereocenters. The monoisotopic (exact) mass is 297 g/mol. The van der Waals surface area contributed by atoms with Gasteiger partial charge in [-0.1, -0.05) is 23.8 Å². The number of benzene rings is 2. The quantitative estimate of drug-likeness (QED) is 0.897. The fraction of sp³-hybridized carbons (Fsp3) is 0.278. The molecule has 108 valence electrons. The van der Waals surface area contributed by atoms with Gasteiger partial charge in [0.15, 0.2) is 0 Å². The summed E-state index contributed by atoms with van der Waals surface area (Å²) in [7, 11) is 0. The molecule has 1 aliphatic rings. The van der Waals surface area contributed by atoms with E-state index < -0.39 is 0 Å². The van der Waals surface area contributed by atoms with Gasteiger partial charge in [0.05, 0.1) is 5.25 Å². The van der Waals surface area contributed by atoms with E-state index in [4.69, 9.17) is 0 Å². The first-order valence-corrected chi connectivity index (χ1v) is 8.04. The molecule has 2 aromatic carbocycles. The van der Waals surface area contributed by atoms with Gasteiger partial charge in [0, 0.05) is 10.6 Å². The van der Waals surface area contributed by atoms with Gasteiger partial charge in [0.25, 0.3) is 0 Å². The molecule has 1 heterocycles. The van der Waals surface area contributed by atoms with Crippen molar-refractivity contribution in [3.05, 3.63) is 58.7 Å². The van der Waals surface area contributed by atoms with Crippen LogP contribution in [0.3, 0.4) is 0 Å². The molecule has 2 aromatic rings. The number of anilines is 1. The Balaban J connectivity index is 1.73. The standard InChI is InChI=1S/C18H19NOS/c1-11-4-5-14-10-17(21-16(14)9-11)18(20)19-15-7-12(2)6-13(3)8-15/h4-9,17H,10H2,1-3H3,(H,19,20)/t17-/m0/s1. The molecule has 1 N–H and O–H groups in total. The summed E-state index contributed by atoms with van der Waals surface area (Å²) in [5.74, 6) is 0.0962. The third kappa shape index (κ3) is 3.13. The molecule has 3 heteroatoms. The van der Waals surface area contributed by atoms with Gasteiger partial charge in [-0.3, -0.25) is 4.79 Å². The average molecular weight is 297 g/mol. The molecule has 0 bridgehead atoms. The van der Waals surface area contributed by atoms with E-state index in [0.29, 0.717) is 0 Å². The number of carbonyl (C=O) groups excluding carboxylic acids is 1. The van der Waals surface area contributed by atoms with Crippen LogP contribution in [-0.4, -0.2) is 11.2 Å². The van der Waals surface area contributed by atoms with Crippen LogP contribution in [0.15, 0.2) is 41.3 Å². The Labute approximate surface area is 130 Å². The Hall–Kier alpha value is -1.74. The number of nitrogens with one attached hydrogen (secondary N) is 1. The summed E-state index contributed by atoms with van der Waals surface area (Å²) in [4.78, 5) is 13.7. The van der Waals surface area contributed by atoms with Crippen LogP contribution < -0.4 is 5.32 Å². The van der Waals surface area contributed by atoms with Crippen LogP contribution in [0.25, 0.3) is 0 Å². The second-order valence-corrected chi connectivity index (χ2v) is 7.03. The lowest BCUT2D eigenvalue weighted by Crippen LogP contribution is -2.24. The van der Waals surface area contributed by atoms with Gasteiger partial charge in [0.1, 0.15) is 0 Å². The largest absolute Gasteiger partial charge is 0.325 e. The van der Waals surface area contributed by atoms with Crippen molar-refractivity contribution in [1.82, 2.24) is 0 Å². The number of hydrogen-bond donors (Lipinski definition) is 1. The van der Waals surface area contributed by atoms with E-state index in [-0.39, 0.29) is 11.2 Å². The maximum absolute atomic E-state index is 12.5. The smallest absolute Gasteiger partial charge is 0.238 e. The van der Waals surface area contributed by atoms with E-state index in [0.717, 1.165) is 12.1 Å². The SMILES string of the molecule is Cc1cc(C)cc(NC(=O)[C@@H]2Cc3ccc(C)cc3S2)c1. The lowest BCUT2D eigenvalue weighted by atomic mass is 10.1. The minimum absolute atomic E-state index is 0.0254. The van der Waals surface area contributed by atoms with E-state index in [1.807, 2.05) is 26.0 Å². The van der Waals surface area contributed by atoms with Gasteiger partial charge in [-0.05, 0) is 62.1 Å². The van der Waals surface area contributed by atoms with Crippen molar-refractivity contribution in [1.29, 1.82) is 0 Å². The molecule has 1 amide bonds. The first-order valence-electron chi connectivity index (χ1n) is 7.16. The van der Waals surface area contributed by atoms with Gasteiger partial charge < -0.3 is 5.32 Å². The molecule has 3 rings (SSSR count). The highest BCUT2D eigenvalue weighted by atomic mass is 32.2. The number of thioether (sulfide) groups is 1. The summed E-state index contributed by atoms with van der Waals surface area (Å²) in [5.41, 5.74) is 5.76. The Morgan fingerprint density at radius 1 is 1.05 bits per heavy atom. The average Bonchev–Trinajstić information content (AvgIpc) is 2.80. The summed E-state index contributed by atoms with van der Waals surface area (Å²) in [5, 5.41) is 3.03. The predicted octanol–water partition coefficient (Wildman–Crippen LogP) is 4.27. The number of fused-ring (bicyclic) bond motifs is 1. The van der Waals surface area contributed by atoms with Crippen LogP contribution >= 0.6 is 11.8 Å². The molecule has 0 saturated heterocycles. The molecule has 0 fully saturated rings. The molecule has 0 aromatic heterocycles. The molecule has 1 atom stereocenters. The normalized spacial score (nSPS) is 16.6. The molecular formula is C18H19NOS. The van der Waals surface area contributed by atoms with Crippen LogP contribution in [0.4, 0.5) is 5.69 Å². The first kappa shape index (κ1) is 14.2. The van der Waals surface area contributed by atoms with Crippen molar-refractivity contribution >= 4 is 23.4 Å². The Kier molecular flexibility index (Phi) is 3.77. The number of carbonyl (C=O) groups is 1. The molecule has 2 nitrogen and oxygen atoms in total. The second kappa shape index (κ2) is 5.57. The van der Waals surface area contributed by atoms with Crippen molar-refractivity contribution in [3.8, 4) is 0 Å². The van der Waals surface area contributed by atoms with Crippen LogP contribution in [0.1, 0.15) is 22.3 Å². The minimum atomic E-state index is -0.0254. The second-order valence-electron chi connectivity index (χ2n) is 5.79. The topological polar surface area (TPSA) is 29.1 Å². The van der Waals surface area contributed by atoms with Crippen LogP contribution in [0, 0.1) is 20.8 Å². The molecular weight excluding hydrogens is 278 g/mol. The molecule has 0 radical (unpaired) electrons. The number of hydrogen-bond acceptors (Lipinski definition) is 2. The van der Waals surface area contributed by atoms with E-state index in [9.17, 15) is 4.79 Å². The van der Waals surface area contributed by atoms with Crippen LogP contribution in [0.5, 0.6) is 0 Å². The Morgan fingerprint density at radius 3 is 2.48 bits per heavy atom. The van der Waals surface area contributed by atoms with Crippen molar-refractivity contribution in [3.63, 3.8) is 0 Å². The number of aryl methyl sites for hydroxylation is 3. The summed E-state index contributed by atoms with van der Waals surface area (Å²) in [6.07, 6.45) is 0.816. The lowest BCUT2D eigenvalue weighted by molar-refractivity contribution is -0.115. The van der Waals surface area contributed by atoms with E-state index >= 15 is 0 Å². The van der Waals surface area contributed by atoms with Gasteiger partial charge in [-0.25, -0.2) is 0 Å². The molecule has 0 spiro atoms. The van der Waals surface area contributed by atoms with E-state index in [1.165, 1.54) is 27.1 Å². The third-order valence-corrected chi connectivity index (χ3v) is 4.98. The van der Waals surface area contributed by atoms with Gasteiger partial charge in [-0.15, -0.1) is 11.8 Å². The zero-order valence-corrected chi connectivity index (χ0v) is 13.4. The maximum Gasteiger partial charge on any atom is 0.238 e. The number of rotatable bonds is 2. The highest BCUT2D eigenvalue weighted by Gasteiger charge is 2.28. The molecule has 0 aliphatic carbocycles. The molecule has 1 aliphatic heterocycles. The highest BCUT2D eigenvalue weighted by Crippen LogP contribution is 2.38. The first-order chi connectivity index (χ1) is 10.0. The zero-order chi connectivity index (χ0) is 15.0. The van der Waals surface area contributed by atoms with E-state index in [1.54, 1.807) is 11.8 Å². The lowest BCUT2D eigenvalue weighted by Gasteiger charge is -2.11. The number of amides is 1. The van der Waals surface area contributed by atoms with Crippen LogP contribution in [0.2, 0.25) is 0 Å². The van der Waals surface area contributed by atoms with Crippen molar-refractivity contribution in [2.24, 2.45) is 0 Å². The predicted molar refractivity (Wildman–Crippen MR) is 89.1 cm³/mol. The molecule has 21 heavy (non-hydrogen) atoms. The summed E-state index contributed by atoms with van der Waals surface area (Å²) < 4.78 is 0. The Bertz CT molecular complexity index is 688. The molecule has 0 saturated carbocycles. The fourth-order valence-corrected chi connectivity index (χ4v) is 4.04. The van der Waals surface area contributed by atoms with Crippen LogP contribution in [-0.2, 0) is 11.2 Å².